The second kappa shape index (κ2) is 24.7. The van der Waals surface area contributed by atoms with Crippen LogP contribution in [0.25, 0.3) is 22.6 Å². The minimum atomic E-state index is -0.112. The Bertz CT molecular complexity index is 2090. The third-order valence-corrected chi connectivity index (χ3v) is 13.0. The molecule has 3 aromatic rings. The normalized spacial score (nSPS) is 14.9. The van der Waals surface area contributed by atoms with E-state index in [1.165, 1.54) is 116 Å². The maximum atomic E-state index is 14.1. The van der Waals surface area contributed by atoms with Gasteiger partial charge in [-0.15, -0.1) is 0 Å². The van der Waals surface area contributed by atoms with Crippen molar-refractivity contribution in [3.8, 4) is 6.07 Å². The Morgan fingerprint density at radius 1 is 0.759 bits per heavy atom. The largest absolute Gasteiger partial charge is 0.347 e. The van der Waals surface area contributed by atoms with Crippen LogP contribution in [0.3, 0.4) is 0 Å². The van der Waals surface area contributed by atoms with Crippen molar-refractivity contribution >= 4 is 85.1 Å². The minimum absolute atomic E-state index is 0.0775. The van der Waals surface area contributed by atoms with Crippen molar-refractivity contribution in [1.82, 2.24) is 0 Å². The van der Waals surface area contributed by atoms with Gasteiger partial charge in [-0.2, -0.15) is 9.83 Å². The highest BCUT2D eigenvalue weighted by Gasteiger charge is 2.35. The average Bonchev–Trinajstić information content (AvgIpc) is 3.23. The molecule has 1 aliphatic heterocycles. The first-order valence-electron chi connectivity index (χ1n) is 22.2. The number of anilines is 1. The molecule has 5 nitrogen and oxygen atoms in total. The maximum Gasteiger partial charge on any atom is 0.214 e. The lowest BCUT2D eigenvalue weighted by atomic mass is 9.75. The highest BCUT2D eigenvalue weighted by molar-refractivity contribution is 14.1. The van der Waals surface area contributed by atoms with Crippen molar-refractivity contribution in [2.45, 2.75) is 149 Å². The molecular weight excluding hydrogens is 938 g/mol. The van der Waals surface area contributed by atoms with Gasteiger partial charge in [-0.1, -0.05) is 129 Å². The molecule has 0 spiro atoms. The van der Waals surface area contributed by atoms with E-state index in [1.54, 1.807) is 0 Å². The number of pyridine rings is 1. The number of carbonyl (C=O) groups is 1. The fourth-order valence-corrected chi connectivity index (χ4v) is 9.24. The van der Waals surface area contributed by atoms with E-state index in [-0.39, 0.29) is 11.4 Å². The van der Waals surface area contributed by atoms with Crippen molar-refractivity contribution < 1.29 is 9.36 Å². The number of aromatic nitrogens is 1. The van der Waals surface area contributed by atoms with E-state index in [9.17, 15) is 10.1 Å². The summed E-state index contributed by atoms with van der Waals surface area (Å²) in [5.41, 5.74) is 6.71. The van der Waals surface area contributed by atoms with Crippen LogP contribution in [0, 0.1) is 23.9 Å². The van der Waals surface area contributed by atoms with Crippen LogP contribution in [0.15, 0.2) is 89.3 Å². The number of benzene rings is 2. The maximum absolute atomic E-state index is 14.1. The van der Waals surface area contributed by atoms with Gasteiger partial charge in [0.05, 0.1) is 5.39 Å². The molecule has 0 saturated heterocycles. The predicted octanol–water partition coefficient (Wildman–Crippen LogP) is 14.6. The van der Waals surface area contributed by atoms with Gasteiger partial charge in [-0.05, 0) is 118 Å². The molecule has 0 bridgehead atoms. The van der Waals surface area contributed by atoms with Crippen LogP contribution in [-0.2, 0) is 11.3 Å². The van der Waals surface area contributed by atoms with Gasteiger partial charge in [0, 0.05) is 66.4 Å². The Balaban J connectivity index is 1.31. The number of halogens is 2. The number of nitrogens with one attached hydrogen (secondary N) is 1. The summed E-state index contributed by atoms with van der Waals surface area (Å²) in [5.74, 6) is 2.23. The van der Waals surface area contributed by atoms with E-state index in [4.69, 9.17) is 5.41 Å². The van der Waals surface area contributed by atoms with E-state index in [0.29, 0.717) is 16.7 Å². The summed E-state index contributed by atoms with van der Waals surface area (Å²) in [6.45, 7) is 6.44. The summed E-state index contributed by atoms with van der Waals surface area (Å²) < 4.78 is 4.67. The Kier molecular flexibility index (Phi) is 19.5. The zero-order valence-electron chi connectivity index (χ0n) is 35.0. The Morgan fingerprint density at radius 3 is 1.97 bits per heavy atom. The number of hydrogen-bond donors (Lipinski definition) is 1. The third kappa shape index (κ3) is 12.8. The lowest BCUT2D eigenvalue weighted by Gasteiger charge is -2.29. The van der Waals surface area contributed by atoms with E-state index in [0.717, 1.165) is 66.4 Å². The summed E-state index contributed by atoms with van der Waals surface area (Å²) in [7, 11) is 0. The van der Waals surface area contributed by atoms with Crippen LogP contribution in [-0.4, -0.2) is 18.2 Å². The highest BCUT2D eigenvalue weighted by atomic mass is 127. The van der Waals surface area contributed by atoms with Crippen LogP contribution in [0.2, 0.25) is 0 Å². The van der Waals surface area contributed by atoms with Gasteiger partial charge in [0.15, 0.2) is 12.0 Å². The fourth-order valence-electron chi connectivity index (χ4n) is 8.29. The van der Waals surface area contributed by atoms with Crippen LogP contribution in [0.5, 0.6) is 0 Å². The zero-order chi connectivity index (χ0) is 41.1. The van der Waals surface area contributed by atoms with Crippen molar-refractivity contribution in [2.75, 3.05) is 11.4 Å². The number of aryl methyl sites for hydroxylation is 1. The Labute approximate surface area is 376 Å². The molecule has 0 saturated carbocycles. The molecule has 306 valence electrons. The molecule has 0 fully saturated rings. The summed E-state index contributed by atoms with van der Waals surface area (Å²) in [6, 6.07) is 17.2. The summed E-state index contributed by atoms with van der Waals surface area (Å²) in [5, 5.41) is 19.2. The molecular formula is C51H63I2N4O+. The van der Waals surface area contributed by atoms with E-state index in [2.05, 4.69) is 141 Å². The molecule has 2 aromatic carbocycles. The molecule has 1 aromatic heterocycles. The van der Waals surface area contributed by atoms with Gasteiger partial charge in [0.2, 0.25) is 5.52 Å². The molecule has 0 unspecified atom stereocenters. The van der Waals surface area contributed by atoms with Gasteiger partial charge in [-0.3, -0.25) is 10.2 Å². The van der Waals surface area contributed by atoms with E-state index >= 15 is 0 Å². The second-order valence-corrected chi connectivity index (χ2v) is 18.5. The lowest BCUT2D eigenvalue weighted by Crippen LogP contribution is -2.34. The number of nitriles is 1. The zero-order valence-corrected chi connectivity index (χ0v) is 39.3. The third-order valence-electron chi connectivity index (χ3n) is 11.6. The molecule has 0 radical (unpaired) electrons. The van der Waals surface area contributed by atoms with Gasteiger partial charge in [-0.25, -0.2) is 0 Å². The van der Waals surface area contributed by atoms with Gasteiger partial charge in [0.1, 0.15) is 18.2 Å². The standard InChI is InChI=1S/C51H63I2N4O/c1-3-5-7-9-11-13-15-17-19-21-29-56-31-27-39(44-25-23-42(52)35-48(44)56)33-46-50(41(37-54)38-55)47(51(46)58)34-40-28-32-57(49-36-43(53)24-26-45(40)49)30-22-20-18-16-14-12-10-8-6-4-2/h23-28,31-36,54H,3-22,29-30H2,1-2H3/q+1. The number of nitrogens with zero attached hydrogens (tertiary/aromatic N) is 3. The topological polar surface area (TPSA) is 71.8 Å². The van der Waals surface area contributed by atoms with E-state index < -0.39 is 0 Å². The number of unbranched alkanes of at least 4 members (excludes halogenated alkanes) is 18. The van der Waals surface area contributed by atoms with Crippen LogP contribution < -0.4 is 9.47 Å². The first-order valence-corrected chi connectivity index (χ1v) is 24.3. The minimum Gasteiger partial charge on any atom is -0.347 e. The number of fused-ring (bicyclic) bond motifs is 2. The number of ketones is 1. The van der Waals surface area contributed by atoms with Gasteiger partial charge < -0.3 is 4.90 Å². The summed E-state index contributed by atoms with van der Waals surface area (Å²) >= 11 is 4.74. The number of rotatable bonds is 25. The summed E-state index contributed by atoms with van der Waals surface area (Å²) in [4.78, 5) is 16.4. The molecule has 2 heterocycles. The Morgan fingerprint density at radius 2 is 1.34 bits per heavy atom. The predicted molar refractivity (Wildman–Crippen MR) is 261 cm³/mol. The van der Waals surface area contributed by atoms with Crippen molar-refractivity contribution in [3.05, 3.63) is 108 Å². The second-order valence-electron chi connectivity index (χ2n) is 16.0. The molecule has 5 rings (SSSR count). The number of hydrogen-bond acceptors (Lipinski definition) is 4. The smallest absolute Gasteiger partial charge is 0.214 e. The molecule has 7 heteroatoms. The molecule has 1 aliphatic carbocycles. The molecule has 2 aliphatic rings. The van der Waals surface area contributed by atoms with Crippen molar-refractivity contribution in [2.24, 2.45) is 0 Å². The lowest BCUT2D eigenvalue weighted by molar-refractivity contribution is -0.671. The van der Waals surface area contributed by atoms with Crippen LogP contribution in [0.1, 0.15) is 153 Å². The average molecular weight is 1000 g/mol. The van der Waals surface area contributed by atoms with Crippen LogP contribution in [0.4, 0.5) is 5.69 Å². The first-order chi connectivity index (χ1) is 28.4. The van der Waals surface area contributed by atoms with Crippen molar-refractivity contribution in [3.63, 3.8) is 0 Å². The van der Waals surface area contributed by atoms with Crippen LogP contribution >= 0.6 is 45.2 Å². The van der Waals surface area contributed by atoms with Gasteiger partial charge in [0.25, 0.3) is 0 Å². The molecule has 0 atom stereocenters. The fraction of sp³-hybridized carbons (Fsp3) is 0.471. The summed E-state index contributed by atoms with van der Waals surface area (Å²) in [6.07, 6.45) is 36.3. The number of carbonyl (C=O) groups excluding carboxylic acids is 1. The molecule has 58 heavy (non-hydrogen) atoms. The quantitative estimate of drug-likeness (QED) is 0.0230. The SMILES string of the molecule is CCCCCCCCCCCCN1C=C/C(=C\C2=C(C(=C=N)C#N)C(=C/c3cc[n+](CCCCCCCCCCCC)c4cc(I)ccc34)/C2=O)c2ccc(I)cc21. The Hall–Kier alpha value is -3.32. The highest BCUT2D eigenvalue weighted by Crippen LogP contribution is 2.41. The molecule has 0 amide bonds. The number of allylic oxidation sites excluding steroid dienone is 7. The molecule has 1 N–H and O–H groups in total. The number of Topliss-reactive ketones (excluding diaryl/α,β-unsaturated/α-hetero) is 1. The van der Waals surface area contributed by atoms with Crippen molar-refractivity contribution in [1.29, 1.82) is 10.7 Å². The first kappa shape index (κ1) is 45.8. The van der Waals surface area contributed by atoms with E-state index in [1.807, 2.05) is 12.2 Å². The monoisotopic (exact) mass is 1000 g/mol. The van der Waals surface area contributed by atoms with Gasteiger partial charge >= 0.3 is 0 Å².